The van der Waals surface area contributed by atoms with Crippen molar-refractivity contribution >= 4 is 28.8 Å². The molecule has 2 aliphatic heterocycles. The summed E-state index contributed by atoms with van der Waals surface area (Å²) in [6.45, 7) is 4.19. The van der Waals surface area contributed by atoms with Gasteiger partial charge in [-0.05, 0) is 12.1 Å². The fraction of sp³-hybridized carbons (Fsp3) is 0.346. The summed E-state index contributed by atoms with van der Waals surface area (Å²) in [6.07, 6.45) is 0.261. The van der Waals surface area contributed by atoms with Gasteiger partial charge in [0.15, 0.2) is 0 Å². The highest BCUT2D eigenvalue weighted by Crippen LogP contribution is 2.29. The van der Waals surface area contributed by atoms with Gasteiger partial charge in [-0.2, -0.15) is 0 Å². The molecule has 3 aromatic rings. The van der Waals surface area contributed by atoms with E-state index in [9.17, 15) is 9.59 Å². The third-order valence-corrected chi connectivity index (χ3v) is 7.42. The highest BCUT2D eigenvalue weighted by Gasteiger charge is 2.38. The van der Waals surface area contributed by atoms with Gasteiger partial charge in [-0.3, -0.25) is 14.5 Å². The van der Waals surface area contributed by atoms with Crippen LogP contribution in [-0.2, 0) is 16.1 Å². The zero-order valence-corrected chi connectivity index (χ0v) is 20.0. The molecule has 0 saturated carbocycles. The minimum Gasteiger partial charge on any atom is -0.497 e. The summed E-state index contributed by atoms with van der Waals surface area (Å²) in [6, 6.07) is 17.7. The van der Waals surface area contributed by atoms with Gasteiger partial charge in [0.2, 0.25) is 11.8 Å². The van der Waals surface area contributed by atoms with E-state index in [4.69, 9.17) is 9.72 Å². The Labute approximate surface area is 203 Å². The summed E-state index contributed by atoms with van der Waals surface area (Å²) in [7, 11) is 1.60. The van der Waals surface area contributed by atoms with Gasteiger partial charge in [0.05, 0.1) is 18.7 Å². The van der Waals surface area contributed by atoms with Gasteiger partial charge in [-0.15, -0.1) is 11.3 Å². The lowest BCUT2D eigenvalue weighted by atomic mass is 10.1. The number of thiazole rings is 1. The number of benzene rings is 2. The van der Waals surface area contributed by atoms with Crippen LogP contribution in [0.1, 0.15) is 12.1 Å². The Morgan fingerprint density at radius 1 is 1.09 bits per heavy atom. The Morgan fingerprint density at radius 2 is 1.88 bits per heavy atom. The first-order valence-corrected chi connectivity index (χ1v) is 12.4. The fourth-order valence-corrected chi connectivity index (χ4v) is 5.42. The molecular formula is C26H28N4O3S. The van der Waals surface area contributed by atoms with Crippen LogP contribution >= 0.6 is 11.3 Å². The second-order valence-electron chi connectivity index (χ2n) is 8.72. The van der Waals surface area contributed by atoms with E-state index in [0.717, 1.165) is 41.6 Å². The summed E-state index contributed by atoms with van der Waals surface area (Å²) < 4.78 is 5.27. The van der Waals surface area contributed by atoms with Gasteiger partial charge in [0.1, 0.15) is 10.8 Å². The van der Waals surface area contributed by atoms with Crippen LogP contribution in [0.3, 0.4) is 0 Å². The van der Waals surface area contributed by atoms with E-state index in [2.05, 4.69) is 22.4 Å². The van der Waals surface area contributed by atoms with E-state index in [1.165, 1.54) is 0 Å². The summed E-state index contributed by atoms with van der Waals surface area (Å²) >= 11 is 1.67. The number of methoxy groups -OCH3 is 1. The lowest BCUT2D eigenvalue weighted by Crippen LogP contribution is -2.50. The van der Waals surface area contributed by atoms with Crippen molar-refractivity contribution in [3.05, 3.63) is 65.7 Å². The monoisotopic (exact) mass is 476 g/mol. The molecule has 2 aromatic carbocycles. The molecule has 3 heterocycles. The summed E-state index contributed by atoms with van der Waals surface area (Å²) in [5.74, 6) is 0.478. The van der Waals surface area contributed by atoms with Crippen molar-refractivity contribution in [3.63, 3.8) is 0 Å². The topological polar surface area (TPSA) is 66.0 Å². The van der Waals surface area contributed by atoms with Crippen molar-refractivity contribution in [3.8, 4) is 16.3 Å². The standard InChI is InChI=1S/C26H28N4O3S/c1-33-23-9-5-8-22(15-23)30-16-20(14-24(30)31)26(32)29-12-10-28(11-13-29)17-21-18-34-25(27-21)19-6-3-2-4-7-19/h2-9,15,18,20H,10-14,16-17H2,1H3. The van der Waals surface area contributed by atoms with Crippen molar-refractivity contribution < 1.29 is 14.3 Å². The Balaban J connectivity index is 1.14. The van der Waals surface area contributed by atoms with E-state index < -0.39 is 0 Å². The van der Waals surface area contributed by atoms with E-state index in [1.807, 2.05) is 47.4 Å². The summed E-state index contributed by atoms with van der Waals surface area (Å²) in [5, 5.41) is 3.16. The molecule has 1 atom stereocenters. The van der Waals surface area contributed by atoms with Crippen LogP contribution in [0.5, 0.6) is 5.75 Å². The Kier molecular flexibility index (Phi) is 6.60. The third-order valence-electron chi connectivity index (χ3n) is 6.48. The normalized spacial score (nSPS) is 19.0. The number of nitrogens with zero attached hydrogens (tertiary/aromatic N) is 4. The molecule has 5 rings (SSSR count). The smallest absolute Gasteiger partial charge is 0.228 e. The molecule has 2 saturated heterocycles. The number of amides is 2. The highest BCUT2D eigenvalue weighted by atomic mass is 32.1. The molecule has 2 fully saturated rings. The summed E-state index contributed by atoms with van der Waals surface area (Å²) in [4.78, 5) is 36.6. The van der Waals surface area contributed by atoms with Gasteiger partial charge in [-0.1, -0.05) is 36.4 Å². The molecule has 34 heavy (non-hydrogen) atoms. The fourth-order valence-electron chi connectivity index (χ4n) is 4.61. The maximum absolute atomic E-state index is 13.2. The molecule has 2 amide bonds. The van der Waals surface area contributed by atoms with E-state index >= 15 is 0 Å². The molecule has 2 aliphatic rings. The number of ether oxygens (including phenoxy) is 1. The first-order valence-electron chi connectivity index (χ1n) is 11.6. The number of aromatic nitrogens is 1. The number of hydrogen-bond donors (Lipinski definition) is 0. The molecule has 176 valence electrons. The van der Waals surface area contributed by atoms with Crippen molar-refractivity contribution in [1.29, 1.82) is 0 Å². The largest absolute Gasteiger partial charge is 0.497 e. The number of carbonyl (C=O) groups excluding carboxylic acids is 2. The van der Waals surface area contributed by atoms with Gasteiger partial charge < -0.3 is 14.5 Å². The van der Waals surface area contributed by atoms with Gasteiger partial charge in [0, 0.05) is 68.4 Å². The zero-order chi connectivity index (χ0) is 23.5. The average Bonchev–Trinajstić information content (AvgIpc) is 3.51. The predicted molar refractivity (Wildman–Crippen MR) is 133 cm³/mol. The third kappa shape index (κ3) is 4.83. The Bertz CT molecular complexity index is 1160. The van der Waals surface area contributed by atoms with Crippen LogP contribution in [0, 0.1) is 5.92 Å². The van der Waals surface area contributed by atoms with E-state index in [0.29, 0.717) is 25.4 Å². The zero-order valence-electron chi connectivity index (χ0n) is 19.2. The molecule has 8 heteroatoms. The van der Waals surface area contributed by atoms with Crippen LogP contribution in [0.4, 0.5) is 5.69 Å². The SMILES string of the molecule is COc1cccc(N2CC(C(=O)N3CCN(Cc4csc(-c5ccccc5)n4)CC3)CC2=O)c1. The second kappa shape index (κ2) is 9.95. The maximum Gasteiger partial charge on any atom is 0.228 e. The average molecular weight is 477 g/mol. The lowest BCUT2D eigenvalue weighted by molar-refractivity contribution is -0.137. The van der Waals surface area contributed by atoms with Gasteiger partial charge >= 0.3 is 0 Å². The van der Waals surface area contributed by atoms with Crippen molar-refractivity contribution in [2.75, 3.05) is 44.7 Å². The van der Waals surface area contributed by atoms with Crippen molar-refractivity contribution in [1.82, 2.24) is 14.8 Å². The van der Waals surface area contributed by atoms with Crippen LogP contribution in [0.25, 0.3) is 10.6 Å². The molecule has 0 aliphatic carbocycles. The van der Waals surface area contributed by atoms with E-state index in [1.54, 1.807) is 23.3 Å². The lowest BCUT2D eigenvalue weighted by Gasteiger charge is -2.35. The van der Waals surface area contributed by atoms with Crippen molar-refractivity contribution in [2.24, 2.45) is 5.92 Å². The first kappa shape index (κ1) is 22.6. The Morgan fingerprint density at radius 3 is 2.65 bits per heavy atom. The molecule has 1 unspecified atom stereocenters. The molecule has 0 N–H and O–H groups in total. The second-order valence-corrected chi connectivity index (χ2v) is 9.58. The number of hydrogen-bond acceptors (Lipinski definition) is 6. The number of anilines is 1. The minimum atomic E-state index is -0.294. The molecule has 1 aromatic heterocycles. The molecular weight excluding hydrogens is 448 g/mol. The van der Waals surface area contributed by atoms with Crippen LogP contribution < -0.4 is 9.64 Å². The highest BCUT2D eigenvalue weighted by molar-refractivity contribution is 7.13. The van der Waals surface area contributed by atoms with Crippen LogP contribution in [0.2, 0.25) is 0 Å². The van der Waals surface area contributed by atoms with Gasteiger partial charge in [-0.25, -0.2) is 4.98 Å². The molecule has 7 nitrogen and oxygen atoms in total. The Hall–Kier alpha value is -3.23. The molecule has 0 bridgehead atoms. The van der Waals surface area contributed by atoms with Gasteiger partial charge in [0.25, 0.3) is 0 Å². The van der Waals surface area contributed by atoms with Crippen LogP contribution in [0.15, 0.2) is 60.0 Å². The number of rotatable bonds is 6. The maximum atomic E-state index is 13.2. The predicted octanol–water partition coefficient (Wildman–Crippen LogP) is 3.52. The van der Waals surface area contributed by atoms with E-state index in [-0.39, 0.29) is 24.2 Å². The number of piperazine rings is 1. The van der Waals surface area contributed by atoms with Crippen LogP contribution in [-0.4, -0.2) is 66.4 Å². The minimum absolute atomic E-state index is 0.0111. The summed E-state index contributed by atoms with van der Waals surface area (Å²) in [5.41, 5.74) is 2.99. The quantitative estimate of drug-likeness (QED) is 0.545. The molecule has 0 radical (unpaired) electrons. The number of carbonyl (C=O) groups is 2. The molecule has 0 spiro atoms. The van der Waals surface area contributed by atoms with Crippen molar-refractivity contribution in [2.45, 2.75) is 13.0 Å². The first-order chi connectivity index (χ1) is 16.6.